The Morgan fingerprint density at radius 3 is 2.50 bits per heavy atom. The normalized spacial score (nSPS) is 19.3. The predicted octanol–water partition coefficient (Wildman–Crippen LogP) is 1.40. The Hall–Kier alpha value is -1.77. The van der Waals surface area contributed by atoms with Gasteiger partial charge in [-0.25, -0.2) is 27.6 Å². The van der Waals surface area contributed by atoms with Gasteiger partial charge in [0.05, 0.1) is 17.6 Å². The Morgan fingerprint density at radius 1 is 1.36 bits per heavy atom. The Kier molecular flexibility index (Phi) is 4.37. The number of sulfone groups is 1. The van der Waals surface area contributed by atoms with Crippen molar-refractivity contribution in [3.63, 3.8) is 0 Å². The average molecular weight is 331 g/mol. The number of ether oxygens (including phenoxy) is 1. The molecular formula is C13H18FN3O4S. The van der Waals surface area contributed by atoms with Crippen LogP contribution in [0.15, 0.2) is 17.6 Å². The summed E-state index contributed by atoms with van der Waals surface area (Å²) in [6.45, 7) is 5.50. The molecule has 0 bridgehead atoms. The van der Waals surface area contributed by atoms with Crippen LogP contribution in [-0.2, 0) is 14.6 Å². The fourth-order valence-electron chi connectivity index (χ4n) is 2.07. The minimum Gasteiger partial charge on any atom is -0.444 e. The highest BCUT2D eigenvalue weighted by Crippen LogP contribution is 2.23. The Labute approximate surface area is 128 Å². The second-order valence-corrected chi connectivity index (χ2v) is 8.19. The number of carbonyl (C=O) groups excluding carboxylic acids is 1. The van der Waals surface area contributed by atoms with E-state index in [1.54, 1.807) is 20.8 Å². The fraction of sp³-hybridized carbons (Fsp3) is 0.615. The summed E-state index contributed by atoms with van der Waals surface area (Å²) in [6, 6.07) is 0. The maximum Gasteiger partial charge on any atom is 0.410 e. The summed E-state index contributed by atoms with van der Waals surface area (Å²) in [7, 11) is -3.80. The van der Waals surface area contributed by atoms with Crippen molar-refractivity contribution in [1.82, 2.24) is 14.9 Å². The molecule has 0 saturated carbocycles. The van der Waals surface area contributed by atoms with E-state index < -0.39 is 37.8 Å². The first kappa shape index (κ1) is 16.6. The summed E-state index contributed by atoms with van der Waals surface area (Å²) >= 11 is 0. The molecule has 2 rings (SSSR count). The molecule has 0 N–H and O–H groups in total. The first-order valence-corrected chi connectivity index (χ1v) is 8.33. The van der Waals surface area contributed by atoms with E-state index in [4.69, 9.17) is 4.74 Å². The standard InChI is InChI=1S/C13H18FN3O4S/c1-13(2,3)21-12(18)17-5-4-10(8-17)22(19,20)11-15-6-9(14)7-16-11/h6-7,10H,4-5,8H2,1-3H3. The van der Waals surface area contributed by atoms with Crippen molar-refractivity contribution in [1.29, 1.82) is 0 Å². The lowest BCUT2D eigenvalue weighted by molar-refractivity contribution is 0.0295. The molecule has 22 heavy (non-hydrogen) atoms. The van der Waals surface area contributed by atoms with Crippen molar-refractivity contribution in [2.75, 3.05) is 13.1 Å². The highest BCUT2D eigenvalue weighted by atomic mass is 32.2. The van der Waals surface area contributed by atoms with E-state index in [2.05, 4.69) is 9.97 Å². The zero-order chi connectivity index (χ0) is 16.5. The summed E-state index contributed by atoms with van der Waals surface area (Å²) in [5.41, 5.74) is -0.645. The molecule has 1 unspecified atom stereocenters. The topological polar surface area (TPSA) is 89.5 Å². The van der Waals surface area contributed by atoms with Crippen LogP contribution in [0.1, 0.15) is 27.2 Å². The molecule has 2 heterocycles. The lowest BCUT2D eigenvalue weighted by Crippen LogP contribution is -2.36. The molecular weight excluding hydrogens is 313 g/mol. The molecule has 1 fully saturated rings. The zero-order valence-electron chi connectivity index (χ0n) is 12.6. The molecule has 1 saturated heterocycles. The molecule has 1 aromatic heterocycles. The van der Waals surface area contributed by atoms with E-state index in [0.29, 0.717) is 0 Å². The molecule has 0 aromatic carbocycles. The van der Waals surface area contributed by atoms with Gasteiger partial charge in [-0.05, 0) is 27.2 Å². The average Bonchev–Trinajstić information content (AvgIpc) is 2.87. The van der Waals surface area contributed by atoms with Gasteiger partial charge in [-0.2, -0.15) is 0 Å². The molecule has 1 atom stereocenters. The third-order valence-corrected chi connectivity index (χ3v) is 5.07. The third-order valence-electron chi connectivity index (χ3n) is 3.09. The number of hydrogen-bond donors (Lipinski definition) is 0. The number of likely N-dealkylation sites (tertiary alicyclic amines) is 1. The van der Waals surface area contributed by atoms with Gasteiger partial charge < -0.3 is 9.64 Å². The van der Waals surface area contributed by atoms with E-state index in [1.807, 2.05) is 0 Å². The lowest BCUT2D eigenvalue weighted by atomic mass is 10.2. The van der Waals surface area contributed by atoms with Crippen molar-refractivity contribution in [2.24, 2.45) is 0 Å². The number of amides is 1. The van der Waals surface area contributed by atoms with Crippen LogP contribution in [0.2, 0.25) is 0 Å². The van der Waals surface area contributed by atoms with E-state index >= 15 is 0 Å². The van der Waals surface area contributed by atoms with Crippen LogP contribution in [0.5, 0.6) is 0 Å². The van der Waals surface area contributed by atoms with E-state index in [9.17, 15) is 17.6 Å². The largest absolute Gasteiger partial charge is 0.444 e. The van der Waals surface area contributed by atoms with Gasteiger partial charge in [0.2, 0.25) is 15.0 Å². The smallest absolute Gasteiger partial charge is 0.410 e. The van der Waals surface area contributed by atoms with Crippen LogP contribution < -0.4 is 0 Å². The third kappa shape index (κ3) is 3.70. The highest BCUT2D eigenvalue weighted by molar-refractivity contribution is 7.91. The van der Waals surface area contributed by atoms with E-state index in [0.717, 1.165) is 12.4 Å². The second-order valence-electron chi connectivity index (χ2n) is 6.07. The van der Waals surface area contributed by atoms with Gasteiger partial charge in [0, 0.05) is 13.1 Å². The molecule has 9 heteroatoms. The zero-order valence-corrected chi connectivity index (χ0v) is 13.4. The fourth-order valence-corrected chi connectivity index (χ4v) is 3.56. The second kappa shape index (κ2) is 5.79. The van der Waals surface area contributed by atoms with Crippen LogP contribution >= 0.6 is 0 Å². The van der Waals surface area contributed by atoms with Crippen molar-refractivity contribution in [3.8, 4) is 0 Å². The number of halogens is 1. The number of aromatic nitrogens is 2. The maximum atomic E-state index is 12.8. The summed E-state index contributed by atoms with van der Waals surface area (Å²) in [6.07, 6.45) is 1.33. The predicted molar refractivity (Wildman–Crippen MR) is 75.4 cm³/mol. The molecule has 1 aromatic rings. The first-order valence-electron chi connectivity index (χ1n) is 6.79. The van der Waals surface area contributed by atoms with Gasteiger partial charge in [-0.1, -0.05) is 0 Å². The Balaban J connectivity index is 2.09. The van der Waals surface area contributed by atoms with Gasteiger partial charge >= 0.3 is 6.09 Å². The molecule has 1 aliphatic heterocycles. The van der Waals surface area contributed by atoms with Crippen LogP contribution in [-0.4, -0.2) is 53.3 Å². The molecule has 0 spiro atoms. The molecule has 122 valence electrons. The maximum absolute atomic E-state index is 12.8. The Bertz CT molecular complexity index is 655. The number of hydrogen-bond acceptors (Lipinski definition) is 6. The summed E-state index contributed by atoms with van der Waals surface area (Å²) < 4.78 is 42.7. The highest BCUT2D eigenvalue weighted by Gasteiger charge is 2.39. The summed E-state index contributed by atoms with van der Waals surface area (Å²) in [5, 5.41) is -1.24. The van der Waals surface area contributed by atoms with E-state index in [1.165, 1.54) is 4.90 Å². The minimum atomic E-state index is -3.80. The van der Waals surface area contributed by atoms with Crippen molar-refractivity contribution < 1.29 is 22.3 Å². The number of nitrogens with zero attached hydrogens (tertiary/aromatic N) is 3. The number of rotatable bonds is 2. The number of carbonyl (C=O) groups is 1. The lowest BCUT2D eigenvalue weighted by Gasteiger charge is -2.24. The summed E-state index contributed by atoms with van der Waals surface area (Å²) in [5.74, 6) is -0.708. The molecule has 0 aliphatic carbocycles. The molecule has 1 aliphatic rings. The quantitative estimate of drug-likeness (QED) is 0.761. The van der Waals surface area contributed by atoms with Crippen LogP contribution in [0.3, 0.4) is 0 Å². The monoisotopic (exact) mass is 331 g/mol. The van der Waals surface area contributed by atoms with Gasteiger partial charge in [0.25, 0.3) is 0 Å². The van der Waals surface area contributed by atoms with Crippen molar-refractivity contribution in [3.05, 3.63) is 18.2 Å². The summed E-state index contributed by atoms with van der Waals surface area (Å²) in [4.78, 5) is 20.3. The molecule has 0 radical (unpaired) electrons. The van der Waals surface area contributed by atoms with Gasteiger partial charge in [-0.15, -0.1) is 0 Å². The van der Waals surface area contributed by atoms with Gasteiger partial charge in [0.15, 0.2) is 5.82 Å². The SMILES string of the molecule is CC(C)(C)OC(=O)N1CCC(S(=O)(=O)c2ncc(F)cn2)C1. The van der Waals surface area contributed by atoms with Crippen LogP contribution in [0.4, 0.5) is 9.18 Å². The van der Waals surface area contributed by atoms with E-state index in [-0.39, 0.29) is 19.5 Å². The first-order chi connectivity index (χ1) is 10.1. The molecule has 7 nitrogen and oxygen atoms in total. The van der Waals surface area contributed by atoms with Crippen molar-refractivity contribution >= 4 is 15.9 Å². The van der Waals surface area contributed by atoms with Crippen LogP contribution in [0, 0.1) is 5.82 Å². The van der Waals surface area contributed by atoms with Crippen molar-refractivity contribution in [2.45, 2.75) is 43.2 Å². The van der Waals surface area contributed by atoms with Gasteiger partial charge in [-0.3, -0.25) is 0 Å². The Morgan fingerprint density at radius 2 is 1.95 bits per heavy atom. The van der Waals surface area contributed by atoms with Crippen LogP contribution in [0.25, 0.3) is 0 Å². The minimum absolute atomic E-state index is 0.0119. The molecule has 1 amide bonds. The van der Waals surface area contributed by atoms with Gasteiger partial charge in [0.1, 0.15) is 5.60 Å².